The van der Waals surface area contributed by atoms with Crippen LogP contribution in [-0.2, 0) is 17.5 Å². The maximum atomic E-state index is 13.3. The smallest absolute Gasteiger partial charge is 0.350 e. The number of carbonyl (C=O) groups excluding carboxylic acids is 2. The lowest BCUT2D eigenvalue weighted by molar-refractivity contribution is -0.147. The average molecular weight is 418 g/mol. The molecule has 1 aromatic heterocycles. The molecule has 0 aliphatic carbocycles. The van der Waals surface area contributed by atoms with E-state index in [1.54, 1.807) is 13.8 Å². The second-order valence-corrected chi connectivity index (χ2v) is 7.05. The third-order valence-corrected chi connectivity index (χ3v) is 4.46. The van der Waals surface area contributed by atoms with Gasteiger partial charge in [0.25, 0.3) is 5.91 Å². The van der Waals surface area contributed by atoms with Crippen molar-refractivity contribution in [3.63, 3.8) is 0 Å². The number of benzene rings is 2. The van der Waals surface area contributed by atoms with Gasteiger partial charge in [-0.05, 0) is 37.6 Å². The van der Waals surface area contributed by atoms with Gasteiger partial charge in [-0.2, -0.15) is 13.2 Å². The third kappa shape index (κ3) is 4.79. The Balaban J connectivity index is 1.69. The second kappa shape index (κ2) is 8.56. The van der Waals surface area contributed by atoms with Gasteiger partial charge in [-0.1, -0.05) is 30.3 Å². The monoisotopic (exact) mass is 418 g/mol. The summed E-state index contributed by atoms with van der Waals surface area (Å²) in [5, 5.41) is 5.15. The number of carbonyl (C=O) groups is 2. The van der Waals surface area contributed by atoms with Gasteiger partial charge in [0.1, 0.15) is 0 Å². The fourth-order valence-corrected chi connectivity index (χ4v) is 3.08. The highest BCUT2D eigenvalue weighted by Gasteiger charge is 2.38. The highest BCUT2D eigenvalue weighted by molar-refractivity contribution is 5.99. The van der Waals surface area contributed by atoms with Crippen molar-refractivity contribution in [3.8, 4) is 0 Å². The highest BCUT2D eigenvalue weighted by atomic mass is 19.4. The van der Waals surface area contributed by atoms with Crippen LogP contribution in [0.25, 0.3) is 11.0 Å². The van der Waals surface area contributed by atoms with Crippen molar-refractivity contribution in [1.82, 2.24) is 20.2 Å². The summed E-state index contributed by atoms with van der Waals surface area (Å²) < 4.78 is 41.0. The molecule has 3 rings (SSSR count). The molecule has 0 atom stereocenters. The summed E-state index contributed by atoms with van der Waals surface area (Å²) >= 11 is 0. The van der Waals surface area contributed by atoms with E-state index in [4.69, 9.17) is 0 Å². The molecular weight excluding hydrogens is 397 g/mol. The van der Waals surface area contributed by atoms with Crippen LogP contribution in [0.3, 0.4) is 0 Å². The Bertz CT molecular complexity index is 1060. The summed E-state index contributed by atoms with van der Waals surface area (Å²) in [6, 6.07) is 13.0. The number of hydrogen-bond donors (Lipinski definition) is 2. The first-order valence-corrected chi connectivity index (χ1v) is 9.35. The minimum atomic E-state index is -4.61. The molecule has 2 amide bonds. The molecule has 0 aliphatic heterocycles. The number of nitrogens with one attached hydrogen (secondary N) is 2. The predicted octanol–water partition coefficient (Wildman–Crippen LogP) is 3.68. The van der Waals surface area contributed by atoms with Crippen molar-refractivity contribution in [2.75, 3.05) is 6.54 Å². The maximum absolute atomic E-state index is 13.3. The van der Waals surface area contributed by atoms with E-state index >= 15 is 0 Å². The van der Waals surface area contributed by atoms with E-state index in [0.717, 1.165) is 10.1 Å². The fourth-order valence-electron chi connectivity index (χ4n) is 3.08. The highest BCUT2D eigenvalue weighted by Crippen LogP contribution is 2.33. The molecular formula is C21H21F3N4O2. The minimum Gasteiger partial charge on any atom is -0.350 e. The van der Waals surface area contributed by atoms with Crippen molar-refractivity contribution >= 4 is 22.8 Å². The molecule has 9 heteroatoms. The first kappa shape index (κ1) is 21.4. The average Bonchev–Trinajstić information content (AvgIpc) is 3.11. The van der Waals surface area contributed by atoms with Crippen LogP contribution in [0.15, 0.2) is 48.5 Å². The summed E-state index contributed by atoms with van der Waals surface area (Å²) in [6.07, 6.45) is -4.61. The van der Waals surface area contributed by atoms with E-state index in [0.29, 0.717) is 6.54 Å². The van der Waals surface area contributed by atoms with E-state index in [9.17, 15) is 22.8 Å². The van der Waals surface area contributed by atoms with E-state index in [2.05, 4.69) is 15.6 Å². The molecule has 0 saturated heterocycles. The van der Waals surface area contributed by atoms with E-state index in [1.807, 2.05) is 30.3 Å². The number of alkyl halides is 3. The fraction of sp³-hybridized carbons (Fsp3) is 0.286. The molecule has 2 N–H and O–H groups in total. The lowest BCUT2D eigenvalue weighted by Gasteiger charge is -2.14. The number of rotatable bonds is 6. The maximum Gasteiger partial charge on any atom is 0.449 e. The molecule has 6 nitrogen and oxygen atoms in total. The Labute approximate surface area is 171 Å². The lowest BCUT2D eigenvalue weighted by atomic mass is 10.2. The molecule has 0 saturated carbocycles. The molecule has 0 bridgehead atoms. The van der Waals surface area contributed by atoms with Gasteiger partial charge in [-0.15, -0.1) is 0 Å². The molecule has 1 heterocycles. The van der Waals surface area contributed by atoms with Crippen LogP contribution >= 0.6 is 0 Å². The topological polar surface area (TPSA) is 76.0 Å². The lowest BCUT2D eigenvalue weighted by Crippen LogP contribution is -2.36. The molecule has 30 heavy (non-hydrogen) atoms. The van der Waals surface area contributed by atoms with E-state index in [1.165, 1.54) is 18.2 Å². The summed E-state index contributed by atoms with van der Waals surface area (Å²) in [6.45, 7) is 3.34. The van der Waals surface area contributed by atoms with Crippen molar-refractivity contribution in [2.24, 2.45) is 0 Å². The molecule has 0 radical (unpaired) electrons. The van der Waals surface area contributed by atoms with Gasteiger partial charge < -0.3 is 15.2 Å². The van der Waals surface area contributed by atoms with Crippen molar-refractivity contribution in [3.05, 3.63) is 65.5 Å². The SMILES string of the molecule is CC(C)n1c(C(F)(F)F)nc2cc(C(=O)NCC(=O)NCc3ccccc3)ccc21. The van der Waals surface area contributed by atoms with Crippen molar-refractivity contribution < 1.29 is 22.8 Å². The van der Waals surface area contributed by atoms with Crippen molar-refractivity contribution in [1.29, 1.82) is 0 Å². The second-order valence-electron chi connectivity index (χ2n) is 7.05. The molecule has 0 spiro atoms. The van der Waals surface area contributed by atoms with Crippen LogP contribution in [-0.4, -0.2) is 27.9 Å². The van der Waals surface area contributed by atoms with Crippen LogP contribution in [0.1, 0.15) is 41.6 Å². The normalized spacial score (nSPS) is 11.7. The summed E-state index contributed by atoms with van der Waals surface area (Å²) in [5.74, 6) is -1.96. The summed E-state index contributed by atoms with van der Waals surface area (Å²) in [5.41, 5.74) is 1.40. The van der Waals surface area contributed by atoms with E-state index < -0.39 is 23.9 Å². The van der Waals surface area contributed by atoms with Gasteiger partial charge in [-0.25, -0.2) is 4.98 Å². The Morgan fingerprint density at radius 2 is 1.77 bits per heavy atom. The van der Waals surface area contributed by atoms with Gasteiger partial charge in [-0.3, -0.25) is 9.59 Å². The van der Waals surface area contributed by atoms with Crippen LogP contribution in [0.4, 0.5) is 13.2 Å². The van der Waals surface area contributed by atoms with Gasteiger partial charge in [0, 0.05) is 18.2 Å². The van der Waals surface area contributed by atoms with Gasteiger partial charge in [0.05, 0.1) is 17.6 Å². The van der Waals surface area contributed by atoms with Gasteiger partial charge in [0.2, 0.25) is 11.7 Å². The molecule has 2 aromatic carbocycles. The Morgan fingerprint density at radius 3 is 2.40 bits per heavy atom. The minimum absolute atomic E-state index is 0.0669. The number of imidazole rings is 1. The number of fused-ring (bicyclic) bond motifs is 1. The number of nitrogens with zero attached hydrogens (tertiary/aromatic N) is 2. The van der Waals surface area contributed by atoms with Crippen LogP contribution < -0.4 is 10.6 Å². The molecule has 0 aliphatic rings. The van der Waals surface area contributed by atoms with Crippen LogP contribution in [0.5, 0.6) is 0 Å². The summed E-state index contributed by atoms with van der Waals surface area (Å²) in [4.78, 5) is 28.0. The van der Waals surface area contributed by atoms with Crippen LogP contribution in [0.2, 0.25) is 0 Å². The van der Waals surface area contributed by atoms with Gasteiger partial charge in [0.15, 0.2) is 0 Å². The summed E-state index contributed by atoms with van der Waals surface area (Å²) in [7, 11) is 0. The van der Waals surface area contributed by atoms with Crippen LogP contribution in [0, 0.1) is 0 Å². The zero-order chi connectivity index (χ0) is 21.9. The standard InChI is InChI=1S/C21H21F3N4O2/c1-13(2)28-17-9-8-15(10-16(17)27-20(28)21(22,23)24)19(30)26-12-18(29)25-11-14-6-4-3-5-7-14/h3-10,13H,11-12H2,1-2H3,(H,25,29)(H,26,30). The number of hydrogen-bond acceptors (Lipinski definition) is 3. The number of amides is 2. The zero-order valence-electron chi connectivity index (χ0n) is 16.5. The first-order valence-electron chi connectivity index (χ1n) is 9.35. The number of aromatic nitrogens is 2. The third-order valence-electron chi connectivity index (χ3n) is 4.46. The molecule has 0 fully saturated rings. The van der Waals surface area contributed by atoms with Gasteiger partial charge >= 0.3 is 6.18 Å². The Hall–Kier alpha value is -3.36. The predicted molar refractivity (Wildman–Crippen MR) is 106 cm³/mol. The Morgan fingerprint density at radius 1 is 1.07 bits per heavy atom. The van der Waals surface area contributed by atoms with E-state index in [-0.39, 0.29) is 29.0 Å². The zero-order valence-corrected chi connectivity index (χ0v) is 16.5. The number of halogens is 3. The molecule has 158 valence electrons. The first-order chi connectivity index (χ1) is 14.2. The Kier molecular flexibility index (Phi) is 6.09. The quantitative estimate of drug-likeness (QED) is 0.641. The van der Waals surface area contributed by atoms with Crippen molar-refractivity contribution in [2.45, 2.75) is 32.6 Å². The largest absolute Gasteiger partial charge is 0.449 e. The molecule has 0 unspecified atom stereocenters. The molecule has 3 aromatic rings.